The lowest BCUT2D eigenvalue weighted by molar-refractivity contribution is -0.131. The maximum Gasteiger partial charge on any atom is 0.227 e. The minimum atomic E-state index is 0.0136. The van der Waals surface area contributed by atoms with E-state index < -0.39 is 0 Å². The van der Waals surface area contributed by atoms with E-state index in [-0.39, 0.29) is 11.9 Å². The molecule has 0 aliphatic heterocycles. The standard InChI is InChI=1S/C24H28ClN3O3/c1-6-16(2)27(18(4)29)15-23-17(3)26-28(20-9-7-8-19(25)14-20)24(23)31-22-12-10-21(30-5)11-13-22/h7-14,16H,6,15H2,1-5H3/t16-/m1/s1. The van der Waals surface area contributed by atoms with E-state index in [0.717, 1.165) is 29.1 Å². The number of methoxy groups -OCH3 is 1. The molecular weight excluding hydrogens is 414 g/mol. The lowest BCUT2D eigenvalue weighted by atomic mass is 10.1. The van der Waals surface area contributed by atoms with Gasteiger partial charge in [0.1, 0.15) is 11.5 Å². The lowest BCUT2D eigenvalue weighted by Crippen LogP contribution is -2.36. The maximum atomic E-state index is 12.3. The molecule has 6 nitrogen and oxygen atoms in total. The predicted molar refractivity (Wildman–Crippen MR) is 122 cm³/mol. The summed E-state index contributed by atoms with van der Waals surface area (Å²) in [6.45, 7) is 8.03. The van der Waals surface area contributed by atoms with Gasteiger partial charge in [-0.05, 0) is 62.7 Å². The van der Waals surface area contributed by atoms with E-state index in [1.165, 1.54) is 0 Å². The molecule has 0 N–H and O–H groups in total. The second-order valence-electron chi connectivity index (χ2n) is 7.44. The Labute approximate surface area is 188 Å². The molecule has 2 aromatic carbocycles. The van der Waals surface area contributed by atoms with Crippen LogP contribution in [0.15, 0.2) is 48.5 Å². The fourth-order valence-electron chi connectivity index (χ4n) is 3.33. The molecule has 0 saturated carbocycles. The fraction of sp³-hybridized carbons (Fsp3) is 0.333. The summed E-state index contributed by atoms with van der Waals surface area (Å²) in [6.07, 6.45) is 0.857. The van der Waals surface area contributed by atoms with Gasteiger partial charge in [-0.2, -0.15) is 5.10 Å². The SMILES string of the molecule is CC[C@@H](C)N(Cc1c(C)nn(-c2cccc(Cl)c2)c1Oc1ccc(OC)cc1)C(C)=O. The number of hydrogen-bond donors (Lipinski definition) is 0. The van der Waals surface area contributed by atoms with Crippen LogP contribution in [-0.2, 0) is 11.3 Å². The molecule has 0 radical (unpaired) electrons. The molecule has 164 valence electrons. The number of ether oxygens (including phenoxy) is 2. The Morgan fingerprint density at radius 2 is 1.87 bits per heavy atom. The monoisotopic (exact) mass is 441 g/mol. The summed E-state index contributed by atoms with van der Waals surface area (Å²) < 4.78 is 13.3. The van der Waals surface area contributed by atoms with Gasteiger partial charge in [0.15, 0.2) is 0 Å². The van der Waals surface area contributed by atoms with Crippen molar-refractivity contribution in [3.63, 3.8) is 0 Å². The van der Waals surface area contributed by atoms with Crippen LogP contribution in [0.2, 0.25) is 5.02 Å². The summed E-state index contributed by atoms with van der Waals surface area (Å²) in [7, 11) is 1.62. The molecule has 3 aromatic rings. The molecule has 31 heavy (non-hydrogen) atoms. The van der Waals surface area contributed by atoms with Crippen LogP contribution in [0, 0.1) is 6.92 Å². The Morgan fingerprint density at radius 1 is 1.19 bits per heavy atom. The van der Waals surface area contributed by atoms with Crippen LogP contribution >= 0.6 is 11.6 Å². The second kappa shape index (κ2) is 9.88. The molecular formula is C24H28ClN3O3. The molecule has 0 bridgehead atoms. The van der Waals surface area contributed by atoms with Gasteiger partial charge in [-0.25, -0.2) is 4.68 Å². The normalized spacial score (nSPS) is 11.8. The average Bonchev–Trinajstić information content (AvgIpc) is 3.06. The highest BCUT2D eigenvalue weighted by Gasteiger charge is 2.24. The van der Waals surface area contributed by atoms with E-state index in [1.807, 2.05) is 67.3 Å². The van der Waals surface area contributed by atoms with Crippen LogP contribution in [0.5, 0.6) is 17.4 Å². The number of hydrogen-bond acceptors (Lipinski definition) is 4. The summed E-state index contributed by atoms with van der Waals surface area (Å²) in [4.78, 5) is 14.2. The van der Waals surface area contributed by atoms with Gasteiger partial charge in [0.2, 0.25) is 11.8 Å². The van der Waals surface area contributed by atoms with Crippen molar-refractivity contribution in [3.8, 4) is 23.1 Å². The molecule has 0 spiro atoms. The topological polar surface area (TPSA) is 56.6 Å². The van der Waals surface area contributed by atoms with Crippen LogP contribution < -0.4 is 9.47 Å². The van der Waals surface area contributed by atoms with Crippen LogP contribution in [0.3, 0.4) is 0 Å². The zero-order chi connectivity index (χ0) is 22.5. The second-order valence-corrected chi connectivity index (χ2v) is 7.88. The number of aromatic nitrogens is 2. The Morgan fingerprint density at radius 3 is 2.45 bits per heavy atom. The Kier molecular flexibility index (Phi) is 7.23. The molecule has 0 aliphatic rings. The van der Waals surface area contributed by atoms with Gasteiger partial charge in [0, 0.05) is 18.0 Å². The molecule has 3 rings (SSSR count). The van der Waals surface area contributed by atoms with Gasteiger partial charge in [-0.1, -0.05) is 24.6 Å². The summed E-state index contributed by atoms with van der Waals surface area (Å²) >= 11 is 6.22. The average molecular weight is 442 g/mol. The number of benzene rings is 2. The van der Waals surface area contributed by atoms with Crippen molar-refractivity contribution in [2.24, 2.45) is 0 Å². The van der Waals surface area contributed by atoms with E-state index in [1.54, 1.807) is 18.7 Å². The molecule has 0 unspecified atom stereocenters. The number of amides is 1. The summed E-state index contributed by atoms with van der Waals surface area (Å²) in [6, 6.07) is 14.9. The van der Waals surface area contributed by atoms with E-state index in [2.05, 4.69) is 6.92 Å². The third kappa shape index (κ3) is 5.20. The number of carbonyl (C=O) groups is 1. The van der Waals surface area contributed by atoms with Crippen molar-refractivity contribution < 1.29 is 14.3 Å². The summed E-state index contributed by atoms with van der Waals surface area (Å²) in [5.41, 5.74) is 2.42. The highest BCUT2D eigenvalue weighted by atomic mass is 35.5. The fourth-order valence-corrected chi connectivity index (χ4v) is 3.52. The minimum Gasteiger partial charge on any atom is -0.497 e. The van der Waals surface area contributed by atoms with Crippen LogP contribution in [0.1, 0.15) is 38.4 Å². The van der Waals surface area contributed by atoms with Crippen molar-refractivity contribution in [2.75, 3.05) is 7.11 Å². The molecule has 1 amide bonds. The maximum absolute atomic E-state index is 12.3. The molecule has 1 heterocycles. The first-order valence-corrected chi connectivity index (χ1v) is 10.6. The third-order valence-corrected chi connectivity index (χ3v) is 5.55. The number of carbonyl (C=O) groups excluding carboxylic acids is 1. The quantitative estimate of drug-likeness (QED) is 0.444. The summed E-state index contributed by atoms with van der Waals surface area (Å²) in [5.74, 6) is 1.95. The Balaban J connectivity index is 2.09. The summed E-state index contributed by atoms with van der Waals surface area (Å²) in [5, 5.41) is 5.32. The zero-order valence-electron chi connectivity index (χ0n) is 18.6. The number of halogens is 1. The third-order valence-electron chi connectivity index (χ3n) is 5.32. The zero-order valence-corrected chi connectivity index (χ0v) is 19.3. The molecule has 0 saturated heterocycles. The van der Waals surface area contributed by atoms with Crippen molar-refractivity contribution in [1.82, 2.24) is 14.7 Å². The number of nitrogens with zero attached hydrogens (tertiary/aromatic N) is 3. The molecule has 0 aliphatic carbocycles. The number of rotatable bonds is 8. The van der Waals surface area contributed by atoms with Gasteiger partial charge in [0.25, 0.3) is 0 Å². The van der Waals surface area contributed by atoms with E-state index in [4.69, 9.17) is 26.2 Å². The van der Waals surface area contributed by atoms with Gasteiger partial charge in [-0.15, -0.1) is 0 Å². The van der Waals surface area contributed by atoms with Crippen molar-refractivity contribution in [2.45, 2.75) is 46.7 Å². The van der Waals surface area contributed by atoms with Crippen LogP contribution in [0.25, 0.3) is 5.69 Å². The first-order chi connectivity index (χ1) is 14.8. The Bertz CT molecular complexity index is 1050. The van der Waals surface area contributed by atoms with Gasteiger partial charge >= 0.3 is 0 Å². The highest BCUT2D eigenvalue weighted by molar-refractivity contribution is 6.30. The molecule has 1 aromatic heterocycles. The number of aryl methyl sites for hydroxylation is 1. The predicted octanol–water partition coefficient (Wildman–Crippen LogP) is 5.78. The molecule has 0 fully saturated rings. The largest absolute Gasteiger partial charge is 0.497 e. The van der Waals surface area contributed by atoms with E-state index in [0.29, 0.717) is 23.2 Å². The van der Waals surface area contributed by atoms with Gasteiger partial charge in [0.05, 0.1) is 30.6 Å². The smallest absolute Gasteiger partial charge is 0.227 e. The minimum absolute atomic E-state index is 0.0136. The van der Waals surface area contributed by atoms with E-state index >= 15 is 0 Å². The first kappa shape index (κ1) is 22.7. The lowest BCUT2D eigenvalue weighted by Gasteiger charge is -2.27. The van der Waals surface area contributed by atoms with Crippen molar-refractivity contribution in [3.05, 3.63) is 64.8 Å². The highest BCUT2D eigenvalue weighted by Crippen LogP contribution is 2.33. The van der Waals surface area contributed by atoms with Crippen LogP contribution in [-0.4, -0.2) is 33.7 Å². The molecule has 1 atom stereocenters. The Hall–Kier alpha value is -2.99. The van der Waals surface area contributed by atoms with Crippen molar-refractivity contribution in [1.29, 1.82) is 0 Å². The first-order valence-electron chi connectivity index (χ1n) is 10.3. The van der Waals surface area contributed by atoms with Gasteiger partial charge in [-0.3, -0.25) is 4.79 Å². The van der Waals surface area contributed by atoms with Gasteiger partial charge < -0.3 is 14.4 Å². The van der Waals surface area contributed by atoms with Crippen molar-refractivity contribution >= 4 is 17.5 Å². The van der Waals surface area contributed by atoms with Crippen LogP contribution in [0.4, 0.5) is 0 Å². The van der Waals surface area contributed by atoms with E-state index in [9.17, 15) is 4.79 Å². The molecule has 7 heteroatoms.